The summed E-state index contributed by atoms with van der Waals surface area (Å²) >= 11 is 5.87. The standard InChI is InChI=1S/C15H9ClO6/c16-11-3-1-2-10(12(11)15(21)22)7-4-8(13(17)18)6-9(5-7)14(19)20/h1-6H,(H,17,18)(H,19,20)(H,21,22). The minimum atomic E-state index is -1.32. The van der Waals surface area contributed by atoms with Gasteiger partial charge in [0.15, 0.2) is 0 Å². The van der Waals surface area contributed by atoms with E-state index in [1.165, 1.54) is 30.3 Å². The average Bonchev–Trinajstić information content (AvgIpc) is 2.45. The summed E-state index contributed by atoms with van der Waals surface area (Å²) in [6.07, 6.45) is 0. The van der Waals surface area contributed by atoms with Crippen LogP contribution in [0.5, 0.6) is 0 Å². The van der Waals surface area contributed by atoms with Crippen LogP contribution in [0.2, 0.25) is 5.02 Å². The van der Waals surface area contributed by atoms with Crippen LogP contribution in [0.15, 0.2) is 36.4 Å². The van der Waals surface area contributed by atoms with Crippen LogP contribution in [0.25, 0.3) is 11.1 Å². The Morgan fingerprint density at radius 3 is 1.82 bits per heavy atom. The number of benzene rings is 2. The van der Waals surface area contributed by atoms with E-state index in [0.717, 1.165) is 6.07 Å². The zero-order valence-electron chi connectivity index (χ0n) is 10.9. The second-order valence-corrected chi connectivity index (χ2v) is 4.78. The molecule has 0 aliphatic heterocycles. The Labute approximate surface area is 129 Å². The van der Waals surface area contributed by atoms with Gasteiger partial charge in [0.25, 0.3) is 0 Å². The minimum Gasteiger partial charge on any atom is -0.478 e. The summed E-state index contributed by atoms with van der Waals surface area (Å²) in [5.74, 6) is -3.93. The highest BCUT2D eigenvalue weighted by Crippen LogP contribution is 2.30. The van der Waals surface area contributed by atoms with Gasteiger partial charge in [-0.1, -0.05) is 23.7 Å². The fraction of sp³-hybridized carbons (Fsp3) is 0. The van der Waals surface area contributed by atoms with Crippen LogP contribution >= 0.6 is 11.6 Å². The van der Waals surface area contributed by atoms with Gasteiger partial charge >= 0.3 is 17.9 Å². The Hall–Kier alpha value is -2.86. The topological polar surface area (TPSA) is 112 Å². The van der Waals surface area contributed by atoms with Crippen molar-refractivity contribution < 1.29 is 29.7 Å². The third-order valence-electron chi connectivity index (χ3n) is 2.97. The molecule has 2 aromatic rings. The summed E-state index contributed by atoms with van der Waals surface area (Å²) in [7, 11) is 0. The normalized spacial score (nSPS) is 10.2. The lowest BCUT2D eigenvalue weighted by molar-refractivity contribution is 0.0683. The van der Waals surface area contributed by atoms with Gasteiger partial charge in [0, 0.05) is 0 Å². The molecule has 6 nitrogen and oxygen atoms in total. The first-order valence-electron chi connectivity index (χ1n) is 5.95. The average molecular weight is 321 g/mol. The molecule has 0 aromatic heterocycles. The van der Waals surface area contributed by atoms with Gasteiger partial charge in [-0.05, 0) is 35.4 Å². The molecule has 0 spiro atoms. The number of hydrogen-bond acceptors (Lipinski definition) is 3. The molecule has 7 heteroatoms. The molecule has 0 saturated heterocycles. The first-order chi connectivity index (χ1) is 10.3. The third kappa shape index (κ3) is 2.91. The zero-order valence-corrected chi connectivity index (χ0v) is 11.7. The Bertz CT molecular complexity index is 764. The van der Waals surface area contributed by atoms with Gasteiger partial charge in [0.2, 0.25) is 0 Å². The summed E-state index contributed by atoms with van der Waals surface area (Å²) in [6.45, 7) is 0. The van der Waals surface area contributed by atoms with Crippen LogP contribution < -0.4 is 0 Å². The molecule has 0 bridgehead atoms. The van der Waals surface area contributed by atoms with Crippen LogP contribution in [0.1, 0.15) is 31.1 Å². The Morgan fingerprint density at radius 2 is 1.36 bits per heavy atom. The zero-order chi connectivity index (χ0) is 16.4. The number of hydrogen-bond donors (Lipinski definition) is 3. The summed E-state index contributed by atoms with van der Waals surface area (Å²) < 4.78 is 0. The molecule has 2 aromatic carbocycles. The Balaban J connectivity index is 2.78. The van der Waals surface area contributed by atoms with E-state index in [0.29, 0.717) is 0 Å². The molecule has 3 N–H and O–H groups in total. The molecule has 0 unspecified atom stereocenters. The number of carboxylic acids is 3. The van der Waals surface area contributed by atoms with Crippen molar-refractivity contribution in [2.45, 2.75) is 0 Å². The van der Waals surface area contributed by atoms with Gasteiger partial charge < -0.3 is 15.3 Å². The SMILES string of the molecule is O=C(O)c1cc(C(=O)O)cc(-c2cccc(Cl)c2C(=O)O)c1. The van der Waals surface area contributed by atoms with E-state index in [4.69, 9.17) is 21.8 Å². The molecule has 0 atom stereocenters. The van der Waals surface area contributed by atoms with E-state index < -0.39 is 17.9 Å². The molecule has 0 aliphatic rings. The minimum absolute atomic E-state index is 0.0254. The van der Waals surface area contributed by atoms with Crippen LogP contribution in [0.4, 0.5) is 0 Å². The van der Waals surface area contributed by atoms with E-state index in [9.17, 15) is 19.5 Å². The molecular weight excluding hydrogens is 312 g/mol. The molecule has 0 radical (unpaired) electrons. The quantitative estimate of drug-likeness (QED) is 0.798. The number of halogens is 1. The highest BCUT2D eigenvalue weighted by Gasteiger charge is 2.18. The second kappa shape index (κ2) is 5.87. The van der Waals surface area contributed by atoms with E-state index in [-0.39, 0.29) is 32.8 Å². The fourth-order valence-electron chi connectivity index (χ4n) is 2.01. The molecule has 22 heavy (non-hydrogen) atoms. The van der Waals surface area contributed by atoms with Crippen LogP contribution in [-0.4, -0.2) is 33.2 Å². The smallest absolute Gasteiger partial charge is 0.337 e. The fourth-order valence-corrected chi connectivity index (χ4v) is 2.27. The van der Waals surface area contributed by atoms with Gasteiger partial charge in [-0.2, -0.15) is 0 Å². The van der Waals surface area contributed by atoms with Crippen molar-refractivity contribution in [3.63, 3.8) is 0 Å². The Kier molecular flexibility index (Phi) is 4.14. The molecule has 0 fully saturated rings. The van der Waals surface area contributed by atoms with Crippen molar-refractivity contribution in [2.75, 3.05) is 0 Å². The van der Waals surface area contributed by atoms with Crippen molar-refractivity contribution in [3.8, 4) is 11.1 Å². The van der Waals surface area contributed by atoms with Gasteiger partial charge in [-0.25, -0.2) is 14.4 Å². The lowest BCUT2D eigenvalue weighted by Crippen LogP contribution is -2.05. The maximum absolute atomic E-state index is 11.3. The number of carbonyl (C=O) groups is 3. The summed E-state index contributed by atoms with van der Waals surface area (Å²) in [6, 6.07) is 7.71. The highest BCUT2D eigenvalue weighted by molar-refractivity contribution is 6.34. The molecule has 2 rings (SSSR count). The van der Waals surface area contributed by atoms with E-state index >= 15 is 0 Å². The van der Waals surface area contributed by atoms with Gasteiger partial charge in [-0.3, -0.25) is 0 Å². The number of aromatic carboxylic acids is 3. The predicted molar refractivity (Wildman–Crippen MR) is 77.8 cm³/mol. The maximum atomic E-state index is 11.3. The van der Waals surface area contributed by atoms with Crippen molar-refractivity contribution in [1.29, 1.82) is 0 Å². The monoisotopic (exact) mass is 320 g/mol. The largest absolute Gasteiger partial charge is 0.478 e. The second-order valence-electron chi connectivity index (χ2n) is 4.38. The first kappa shape index (κ1) is 15.5. The Morgan fingerprint density at radius 1 is 0.818 bits per heavy atom. The van der Waals surface area contributed by atoms with Gasteiger partial charge in [0.1, 0.15) is 0 Å². The van der Waals surface area contributed by atoms with Gasteiger partial charge in [0.05, 0.1) is 21.7 Å². The van der Waals surface area contributed by atoms with E-state index in [2.05, 4.69) is 0 Å². The van der Waals surface area contributed by atoms with Gasteiger partial charge in [-0.15, -0.1) is 0 Å². The van der Waals surface area contributed by atoms with Crippen LogP contribution in [0.3, 0.4) is 0 Å². The predicted octanol–water partition coefficient (Wildman–Crippen LogP) is 3.10. The summed E-state index contributed by atoms with van der Waals surface area (Å²) in [5.41, 5.74) is -0.441. The number of rotatable bonds is 4. The maximum Gasteiger partial charge on any atom is 0.337 e. The van der Waals surface area contributed by atoms with Crippen LogP contribution in [-0.2, 0) is 0 Å². The van der Waals surface area contributed by atoms with E-state index in [1.54, 1.807) is 0 Å². The van der Waals surface area contributed by atoms with Crippen LogP contribution in [0, 0.1) is 0 Å². The van der Waals surface area contributed by atoms with Crippen molar-refractivity contribution in [2.24, 2.45) is 0 Å². The van der Waals surface area contributed by atoms with Crippen molar-refractivity contribution in [1.82, 2.24) is 0 Å². The lowest BCUT2D eigenvalue weighted by Gasteiger charge is -2.10. The van der Waals surface area contributed by atoms with E-state index in [1.807, 2.05) is 0 Å². The molecular formula is C15H9ClO6. The molecule has 112 valence electrons. The molecule has 0 amide bonds. The van der Waals surface area contributed by atoms with Crippen molar-refractivity contribution >= 4 is 29.5 Å². The highest BCUT2D eigenvalue weighted by atomic mass is 35.5. The number of carboxylic acid groups (broad SMARTS) is 3. The molecule has 0 aliphatic carbocycles. The van der Waals surface area contributed by atoms with Crippen molar-refractivity contribution in [3.05, 3.63) is 58.1 Å². The third-order valence-corrected chi connectivity index (χ3v) is 3.28. The first-order valence-corrected chi connectivity index (χ1v) is 6.33. The summed E-state index contributed by atoms with van der Waals surface area (Å²) in [4.78, 5) is 33.6. The lowest BCUT2D eigenvalue weighted by atomic mass is 9.96. The summed E-state index contributed by atoms with van der Waals surface area (Å²) in [5, 5.41) is 27.3. The molecule has 0 heterocycles. The molecule has 0 saturated carbocycles.